The summed E-state index contributed by atoms with van der Waals surface area (Å²) in [6.45, 7) is 2.27. The molecule has 3 rings (SSSR count). The van der Waals surface area contributed by atoms with E-state index in [1.54, 1.807) is 18.2 Å². The second-order valence-corrected chi connectivity index (χ2v) is 8.32. The minimum absolute atomic E-state index is 0.0105. The summed E-state index contributed by atoms with van der Waals surface area (Å²) in [5.41, 5.74) is 2.43. The number of nitrogens with one attached hydrogen (secondary N) is 1. The molecule has 30 heavy (non-hydrogen) atoms. The van der Waals surface area contributed by atoms with Crippen molar-refractivity contribution in [2.75, 3.05) is 11.9 Å². The molecule has 0 atom stereocenters. The van der Waals surface area contributed by atoms with Crippen LogP contribution in [0.4, 0.5) is 11.4 Å². The molecule has 0 aromatic heterocycles. The van der Waals surface area contributed by atoms with Gasteiger partial charge in [-0.25, -0.2) is 0 Å². The van der Waals surface area contributed by atoms with Gasteiger partial charge in [0.05, 0.1) is 9.83 Å². The number of non-ortho nitro benzene ring substituents is 1. The fourth-order valence-corrected chi connectivity index (χ4v) is 4.17. The second-order valence-electron chi connectivity index (χ2n) is 6.65. The number of carbonyl (C=O) groups excluding carboxylic acids is 2. The van der Waals surface area contributed by atoms with E-state index in [9.17, 15) is 19.7 Å². The lowest BCUT2D eigenvalue weighted by molar-refractivity contribution is -0.384. The van der Waals surface area contributed by atoms with Gasteiger partial charge in [-0.2, -0.15) is 0 Å². The molecule has 1 N–H and O–H groups in total. The van der Waals surface area contributed by atoms with Gasteiger partial charge >= 0.3 is 0 Å². The lowest BCUT2D eigenvalue weighted by Crippen LogP contribution is -2.29. The highest BCUT2D eigenvalue weighted by molar-refractivity contribution is 8.26. The predicted molar refractivity (Wildman–Crippen MR) is 122 cm³/mol. The zero-order chi connectivity index (χ0) is 21.7. The quantitative estimate of drug-likeness (QED) is 0.294. The molecule has 0 unspecified atom stereocenters. The molecule has 7 nitrogen and oxygen atoms in total. The van der Waals surface area contributed by atoms with E-state index in [2.05, 4.69) is 5.32 Å². The fraction of sp³-hybridized carbons (Fsp3) is 0.190. The second kappa shape index (κ2) is 9.64. The maximum Gasteiger partial charge on any atom is 0.269 e. The predicted octanol–water partition coefficient (Wildman–Crippen LogP) is 4.52. The maximum atomic E-state index is 12.6. The molecule has 2 aromatic rings. The Kier molecular flexibility index (Phi) is 6.96. The normalized spacial score (nSPS) is 15.0. The van der Waals surface area contributed by atoms with Gasteiger partial charge in [0.15, 0.2) is 0 Å². The van der Waals surface area contributed by atoms with Crippen LogP contribution in [0.3, 0.4) is 0 Å². The van der Waals surface area contributed by atoms with Gasteiger partial charge in [-0.1, -0.05) is 42.2 Å². The van der Waals surface area contributed by atoms with Crippen LogP contribution in [-0.4, -0.2) is 32.5 Å². The molecule has 0 spiro atoms. The van der Waals surface area contributed by atoms with E-state index >= 15 is 0 Å². The Labute approximate surface area is 183 Å². The van der Waals surface area contributed by atoms with Crippen LogP contribution in [-0.2, 0) is 9.59 Å². The number of anilines is 1. The summed E-state index contributed by atoms with van der Waals surface area (Å²) in [5.74, 6) is -0.334. The van der Waals surface area contributed by atoms with Crippen molar-refractivity contribution in [3.8, 4) is 0 Å². The van der Waals surface area contributed by atoms with Crippen LogP contribution >= 0.6 is 24.0 Å². The number of benzene rings is 2. The molecule has 1 heterocycles. The first-order valence-electron chi connectivity index (χ1n) is 9.20. The topological polar surface area (TPSA) is 92.6 Å². The van der Waals surface area contributed by atoms with Gasteiger partial charge in [-0.15, -0.1) is 0 Å². The molecule has 0 saturated carbocycles. The summed E-state index contributed by atoms with van der Waals surface area (Å²) in [7, 11) is 0. The van der Waals surface area contributed by atoms with Crippen molar-refractivity contribution in [1.29, 1.82) is 0 Å². The van der Waals surface area contributed by atoms with Gasteiger partial charge in [0.1, 0.15) is 4.32 Å². The van der Waals surface area contributed by atoms with Crippen LogP contribution in [0.15, 0.2) is 53.4 Å². The summed E-state index contributed by atoms with van der Waals surface area (Å²) >= 11 is 6.49. The van der Waals surface area contributed by atoms with E-state index in [0.717, 1.165) is 11.3 Å². The first kappa shape index (κ1) is 21.7. The molecule has 2 aromatic carbocycles. The summed E-state index contributed by atoms with van der Waals surface area (Å²) < 4.78 is 0.437. The van der Waals surface area contributed by atoms with Crippen molar-refractivity contribution < 1.29 is 14.5 Å². The minimum atomic E-state index is -0.474. The van der Waals surface area contributed by atoms with Gasteiger partial charge in [0.25, 0.3) is 11.6 Å². The Morgan fingerprint density at radius 1 is 1.23 bits per heavy atom. The Morgan fingerprint density at radius 3 is 2.60 bits per heavy atom. The lowest BCUT2D eigenvalue weighted by Gasteiger charge is -2.14. The monoisotopic (exact) mass is 441 g/mol. The van der Waals surface area contributed by atoms with Crippen molar-refractivity contribution in [2.45, 2.75) is 19.8 Å². The lowest BCUT2D eigenvalue weighted by atomic mass is 10.2. The van der Waals surface area contributed by atoms with Crippen molar-refractivity contribution in [3.05, 3.63) is 74.7 Å². The molecule has 1 aliphatic heterocycles. The molecule has 0 bridgehead atoms. The molecule has 2 amide bonds. The smallest absolute Gasteiger partial charge is 0.269 e. The van der Waals surface area contributed by atoms with Crippen molar-refractivity contribution in [2.24, 2.45) is 0 Å². The zero-order valence-corrected chi connectivity index (χ0v) is 17.8. The van der Waals surface area contributed by atoms with E-state index < -0.39 is 4.92 Å². The number of amides is 2. The van der Waals surface area contributed by atoms with Crippen molar-refractivity contribution in [3.63, 3.8) is 0 Å². The molecule has 1 saturated heterocycles. The third kappa shape index (κ3) is 5.31. The van der Waals surface area contributed by atoms with Gasteiger partial charge in [0.2, 0.25) is 5.91 Å². The number of aryl methyl sites for hydroxylation is 1. The van der Waals surface area contributed by atoms with Crippen LogP contribution in [0.25, 0.3) is 6.08 Å². The molecule has 0 aliphatic carbocycles. The largest absolute Gasteiger partial charge is 0.326 e. The van der Waals surface area contributed by atoms with Gasteiger partial charge in [-0.3, -0.25) is 24.6 Å². The number of nitro groups is 1. The van der Waals surface area contributed by atoms with E-state index in [1.807, 2.05) is 31.2 Å². The van der Waals surface area contributed by atoms with E-state index in [0.29, 0.717) is 27.8 Å². The molecule has 9 heteroatoms. The van der Waals surface area contributed by atoms with E-state index in [-0.39, 0.29) is 23.9 Å². The third-order valence-corrected chi connectivity index (χ3v) is 5.86. The fourth-order valence-electron chi connectivity index (χ4n) is 2.86. The number of para-hydroxylation sites is 1. The Morgan fingerprint density at radius 2 is 1.93 bits per heavy atom. The highest BCUT2D eigenvalue weighted by atomic mass is 32.2. The molecular weight excluding hydrogens is 422 g/mol. The van der Waals surface area contributed by atoms with Crippen LogP contribution in [0.1, 0.15) is 24.0 Å². The number of hydrogen-bond acceptors (Lipinski definition) is 6. The average Bonchev–Trinajstić information content (AvgIpc) is 2.97. The zero-order valence-electron chi connectivity index (χ0n) is 16.2. The molecule has 0 radical (unpaired) electrons. The van der Waals surface area contributed by atoms with Crippen molar-refractivity contribution in [1.82, 2.24) is 4.90 Å². The number of nitro benzene ring substituents is 1. The molecule has 1 fully saturated rings. The molecule has 1 aliphatic rings. The summed E-state index contributed by atoms with van der Waals surface area (Å²) in [5, 5.41) is 13.6. The summed E-state index contributed by atoms with van der Waals surface area (Å²) in [6, 6.07) is 13.5. The summed E-state index contributed by atoms with van der Waals surface area (Å²) in [6.07, 6.45) is 2.41. The SMILES string of the molecule is Cc1ccccc1NC(=O)CCCN1C(=O)/C(=C/c2ccc([N+](=O)[O-])cc2)SC1=S. The van der Waals surface area contributed by atoms with Crippen LogP contribution in [0.5, 0.6) is 0 Å². The number of nitrogens with zero attached hydrogens (tertiary/aromatic N) is 2. The highest BCUT2D eigenvalue weighted by Crippen LogP contribution is 2.33. The van der Waals surface area contributed by atoms with Gasteiger partial charge < -0.3 is 5.32 Å². The van der Waals surface area contributed by atoms with Crippen molar-refractivity contribution >= 4 is 57.6 Å². The number of thioether (sulfide) groups is 1. The maximum absolute atomic E-state index is 12.6. The molecular formula is C21H19N3O4S2. The Bertz CT molecular complexity index is 1030. The van der Waals surface area contributed by atoms with Crippen LogP contribution in [0.2, 0.25) is 0 Å². The first-order chi connectivity index (χ1) is 14.3. The van der Waals surface area contributed by atoms with Gasteiger partial charge in [0, 0.05) is 30.8 Å². The van der Waals surface area contributed by atoms with Crippen LogP contribution in [0, 0.1) is 17.0 Å². The number of thiocarbonyl (C=S) groups is 1. The van der Waals surface area contributed by atoms with Crippen LogP contribution < -0.4 is 5.32 Å². The number of hydrogen-bond donors (Lipinski definition) is 1. The Balaban J connectivity index is 1.55. The third-order valence-electron chi connectivity index (χ3n) is 4.48. The van der Waals surface area contributed by atoms with Gasteiger partial charge in [-0.05, 0) is 48.7 Å². The number of rotatable bonds is 7. The average molecular weight is 442 g/mol. The Hall–Kier alpha value is -3.04. The van der Waals surface area contributed by atoms with E-state index in [1.165, 1.54) is 28.8 Å². The highest BCUT2D eigenvalue weighted by Gasteiger charge is 2.31. The minimum Gasteiger partial charge on any atom is -0.326 e. The standard InChI is InChI=1S/C21H19N3O4S2/c1-14-5-2-3-6-17(14)22-19(25)7-4-12-23-20(26)18(30-21(23)29)13-15-8-10-16(11-9-15)24(27)28/h2-3,5-6,8-11,13H,4,7,12H2,1H3,(H,22,25)/b18-13-. The molecule has 154 valence electrons. The first-order valence-corrected chi connectivity index (χ1v) is 10.4. The summed E-state index contributed by atoms with van der Waals surface area (Å²) in [4.78, 5) is 37.0. The number of carbonyl (C=O) groups is 2. The van der Waals surface area contributed by atoms with E-state index in [4.69, 9.17) is 12.2 Å².